The summed E-state index contributed by atoms with van der Waals surface area (Å²) < 4.78 is 6.24. The van der Waals surface area contributed by atoms with E-state index in [2.05, 4.69) is 115 Å². The van der Waals surface area contributed by atoms with Crippen molar-refractivity contribution >= 4 is 43.5 Å². The minimum Gasteiger partial charge on any atom is -0.456 e. The number of nitrogens with zero attached hydrogens (tertiary/aromatic N) is 3. The topological polar surface area (TPSA) is 51.8 Å². The molecule has 4 heteroatoms. The minimum absolute atomic E-state index is 0.606. The highest BCUT2D eigenvalue weighted by Gasteiger charge is 2.19. The van der Waals surface area contributed by atoms with Crippen molar-refractivity contribution < 1.29 is 4.42 Å². The molecule has 9 rings (SSSR count). The minimum atomic E-state index is 0.606. The maximum Gasteiger partial charge on any atom is 0.164 e. The van der Waals surface area contributed by atoms with Crippen LogP contribution in [0, 0.1) is 0 Å². The largest absolute Gasteiger partial charge is 0.456 e. The Bertz CT molecular complexity index is 2550. The molecule has 210 valence electrons. The first-order valence-electron chi connectivity index (χ1n) is 15.0. The number of aromatic nitrogens is 3. The van der Waals surface area contributed by atoms with Crippen molar-refractivity contribution in [2.75, 3.05) is 0 Å². The Kier molecular flexibility index (Phi) is 5.78. The second-order valence-electron chi connectivity index (χ2n) is 11.2. The Balaban J connectivity index is 1.34. The van der Waals surface area contributed by atoms with E-state index >= 15 is 0 Å². The number of rotatable bonds is 4. The van der Waals surface area contributed by atoms with Crippen molar-refractivity contribution in [2.24, 2.45) is 0 Å². The first-order valence-corrected chi connectivity index (χ1v) is 15.0. The van der Waals surface area contributed by atoms with Gasteiger partial charge in [-0.1, -0.05) is 133 Å². The van der Waals surface area contributed by atoms with Crippen LogP contribution in [0.5, 0.6) is 0 Å². The molecule has 0 aliphatic carbocycles. The Morgan fingerprint density at radius 3 is 1.80 bits per heavy atom. The smallest absolute Gasteiger partial charge is 0.164 e. The molecule has 4 nitrogen and oxygen atoms in total. The molecule has 0 fully saturated rings. The predicted molar refractivity (Wildman–Crippen MR) is 184 cm³/mol. The third-order valence-corrected chi connectivity index (χ3v) is 8.52. The number of hydrogen-bond donors (Lipinski definition) is 0. The maximum atomic E-state index is 6.24. The van der Waals surface area contributed by atoms with Gasteiger partial charge < -0.3 is 4.42 Å². The molecule has 0 saturated heterocycles. The number of para-hydroxylation sites is 1. The van der Waals surface area contributed by atoms with Gasteiger partial charge in [-0.2, -0.15) is 0 Å². The highest BCUT2D eigenvalue weighted by Crippen LogP contribution is 2.38. The zero-order valence-corrected chi connectivity index (χ0v) is 24.2. The predicted octanol–water partition coefficient (Wildman–Crippen LogP) is 10.7. The van der Waals surface area contributed by atoms with Crippen molar-refractivity contribution in [3.63, 3.8) is 0 Å². The molecule has 0 unspecified atom stereocenters. The molecule has 2 heterocycles. The first-order chi connectivity index (χ1) is 22.3. The van der Waals surface area contributed by atoms with Gasteiger partial charge in [0.1, 0.15) is 11.2 Å². The van der Waals surface area contributed by atoms with Gasteiger partial charge in [0, 0.05) is 32.8 Å². The summed E-state index contributed by atoms with van der Waals surface area (Å²) in [6.07, 6.45) is 0. The van der Waals surface area contributed by atoms with Crippen molar-refractivity contribution in [1.82, 2.24) is 15.0 Å². The van der Waals surface area contributed by atoms with Crippen LogP contribution in [0.3, 0.4) is 0 Å². The van der Waals surface area contributed by atoms with Crippen molar-refractivity contribution in [3.8, 4) is 45.3 Å². The average molecular weight is 576 g/mol. The lowest BCUT2D eigenvalue weighted by Gasteiger charge is -2.13. The Morgan fingerprint density at radius 1 is 0.356 bits per heavy atom. The van der Waals surface area contributed by atoms with E-state index in [9.17, 15) is 0 Å². The summed E-state index contributed by atoms with van der Waals surface area (Å²) in [6.45, 7) is 0. The van der Waals surface area contributed by atoms with Gasteiger partial charge in [-0.05, 0) is 45.5 Å². The van der Waals surface area contributed by atoms with Gasteiger partial charge in [-0.15, -0.1) is 0 Å². The van der Waals surface area contributed by atoms with Crippen LogP contribution in [0.2, 0.25) is 0 Å². The summed E-state index contributed by atoms with van der Waals surface area (Å²) in [7, 11) is 0. The third-order valence-electron chi connectivity index (χ3n) is 8.52. The van der Waals surface area contributed by atoms with Crippen molar-refractivity contribution in [1.29, 1.82) is 0 Å². The molecule has 0 amide bonds. The zero-order chi connectivity index (χ0) is 29.7. The lowest BCUT2D eigenvalue weighted by Crippen LogP contribution is -2.01. The lowest BCUT2D eigenvalue weighted by molar-refractivity contribution is 0.669. The van der Waals surface area contributed by atoms with Crippen LogP contribution in [-0.2, 0) is 0 Å². The van der Waals surface area contributed by atoms with Gasteiger partial charge in [-0.3, -0.25) is 0 Å². The second-order valence-corrected chi connectivity index (χ2v) is 11.2. The molecule has 7 aromatic carbocycles. The lowest BCUT2D eigenvalue weighted by atomic mass is 9.97. The molecule has 0 radical (unpaired) electrons. The van der Waals surface area contributed by atoms with Crippen LogP contribution < -0.4 is 0 Å². The van der Waals surface area contributed by atoms with Crippen molar-refractivity contribution in [2.45, 2.75) is 0 Å². The van der Waals surface area contributed by atoms with Crippen LogP contribution in [0.4, 0.5) is 0 Å². The number of fused-ring (bicyclic) bond motifs is 6. The molecule has 0 aliphatic heterocycles. The molecular weight excluding hydrogens is 550 g/mol. The van der Waals surface area contributed by atoms with E-state index in [-0.39, 0.29) is 0 Å². The molecule has 0 saturated carbocycles. The molecule has 0 bridgehead atoms. The Hall–Kier alpha value is -6.13. The summed E-state index contributed by atoms with van der Waals surface area (Å²) >= 11 is 0. The SMILES string of the molecule is c1ccc(-c2cccc(-c3nc(-c4cccc5ccc6ccccc6c45)nc(-c4cccc5oc6ccccc6c45)n3)c2)cc1. The first kappa shape index (κ1) is 25.4. The maximum absolute atomic E-state index is 6.24. The van der Waals surface area contributed by atoms with Crippen molar-refractivity contribution in [3.05, 3.63) is 152 Å². The van der Waals surface area contributed by atoms with Crippen LogP contribution >= 0.6 is 0 Å². The fourth-order valence-corrected chi connectivity index (χ4v) is 6.42. The molecule has 0 N–H and O–H groups in total. The third kappa shape index (κ3) is 4.27. The highest BCUT2D eigenvalue weighted by atomic mass is 16.3. The fraction of sp³-hybridized carbons (Fsp3) is 0. The number of furan rings is 1. The molecule has 0 atom stereocenters. The van der Waals surface area contributed by atoms with Gasteiger partial charge in [-0.25, -0.2) is 15.0 Å². The zero-order valence-electron chi connectivity index (χ0n) is 24.2. The summed E-state index contributed by atoms with van der Waals surface area (Å²) in [5, 5.41) is 6.65. The average Bonchev–Trinajstić information content (AvgIpc) is 3.50. The fourth-order valence-electron chi connectivity index (χ4n) is 6.42. The molecular formula is C41H25N3O. The molecule has 45 heavy (non-hydrogen) atoms. The normalized spacial score (nSPS) is 11.6. The van der Waals surface area contributed by atoms with Crippen LogP contribution in [-0.4, -0.2) is 15.0 Å². The van der Waals surface area contributed by atoms with Gasteiger partial charge in [0.25, 0.3) is 0 Å². The van der Waals surface area contributed by atoms with Gasteiger partial charge in [0.2, 0.25) is 0 Å². The monoisotopic (exact) mass is 575 g/mol. The highest BCUT2D eigenvalue weighted by molar-refractivity contribution is 6.14. The molecule has 0 aliphatic rings. The van der Waals surface area contributed by atoms with Crippen LogP contribution in [0.25, 0.3) is 88.8 Å². The van der Waals surface area contributed by atoms with E-state index in [1.54, 1.807) is 0 Å². The van der Waals surface area contributed by atoms with Gasteiger partial charge >= 0.3 is 0 Å². The van der Waals surface area contributed by atoms with E-state index in [1.165, 1.54) is 10.8 Å². The quantitative estimate of drug-likeness (QED) is 0.196. The number of benzene rings is 7. The summed E-state index contributed by atoms with van der Waals surface area (Å²) in [6, 6.07) is 52.2. The Morgan fingerprint density at radius 2 is 0.933 bits per heavy atom. The Labute approximate surface area is 259 Å². The van der Waals surface area contributed by atoms with E-state index < -0.39 is 0 Å². The van der Waals surface area contributed by atoms with E-state index in [4.69, 9.17) is 19.4 Å². The van der Waals surface area contributed by atoms with Gasteiger partial charge in [0.05, 0.1) is 0 Å². The van der Waals surface area contributed by atoms with E-state index in [0.717, 1.165) is 60.5 Å². The molecule has 0 spiro atoms. The molecule has 9 aromatic rings. The van der Waals surface area contributed by atoms with Crippen LogP contribution in [0.15, 0.2) is 156 Å². The second kappa shape index (κ2) is 10.2. The van der Waals surface area contributed by atoms with E-state index in [0.29, 0.717) is 17.5 Å². The molecule has 2 aromatic heterocycles. The standard InChI is InChI=1S/C41H25N3O/c1-2-11-26(12-3-1)29-15-8-16-30(25-29)39-42-40(33-19-9-14-28-24-23-27-13-4-5-17-31(27)37(28)33)44-41(43-39)34-20-10-22-36-38(34)32-18-6-7-21-35(32)45-36/h1-25H. The summed E-state index contributed by atoms with van der Waals surface area (Å²) in [4.78, 5) is 15.5. The summed E-state index contributed by atoms with van der Waals surface area (Å²) in [5.41, 5.74) is 6.70. The van der Waals surface area contributed by atoms with Crippen LogP contribution in [0.1, 0.15) is 0 Å². The number of hydrogen-bond acceptors (Lipinski definition) is 4. The van der Waals surface area contributed by atoms with E-state index in [1.807, 2.05) is 36.4 Å². The van der Waals surface area contributed by atoms with Gasteiger partial charge in [0.15, 0.2) is 17.5 Å². The summed E-state index contributed by atoms with van der Waals surface area (Å²) in [5.74, 6) is 1.86.